The van der Waals surface area contributed by atoms with E-state index in [1.807, 2.05) is 37.3 Å². The number of hydrogen-bond donors (Lipinski definition) is 4. The second kappa shape index (κ2) is 33.6. The molecule has 0 saturated carbocycles. The predicted octanol–water partition coefficient (Wildman–Crippen LogP) is 2.39. The zero-order valence-electron chi connectivity index (χ0n) is 28.4. The standard InChI is InChI=1S/2C9H10O3.C7H8O.2C6H8O2.K/c2*1-2-12-9(11)7-5-3-4-6-8(7)10;8-6-7-4-2-1-3-5-7;2*1-2-3-4-5-6(7)8;/h2*3-6,10H,2H2,1H3;1-5,8H,6H2;2*2-5H,1H3,(H,7,8);/q;;;;;+1/p-1/b;;;2*3-2+,5-4+;. The molecular weight excluding hydrogens is 659 g/mol. The summed E-state index contributed by atoms with van der Waals surface area (Å²) in [5, 5.41) is 44.6. The summed E-state index contributed by atoms with van der Waals surface area (Å²) < 4.78 is 9.42. The first kappa shape index (κ1) is 49.1. The minimum Gasteiger partial charge on any atom is -0.545 e. The number of benzene rings is 3. The zero-order valence-corrected chi connectivity index (χ0v) is 31.5. The molecule has 0 atom stereocenters. The summed E-state index contributed by atoms with van der Waals surface area (Å²) in [7, 11) is 0. The molecule has 258 valence electrons. The van der Waals surface area contributed by atoms with Crippen molar-refractivity contribution in [3.63, 3.8) is 0 Å². The Bertz CT molecular complexity index is 1370. The summed E-state index contributed by atoms with van der Waals surface area (Å²) in [6, 6.07) is 22.1. The van der Waals surface area contributed by atoms with Crippen molar-refractivity contribution in [1.82, 2.24) is 0 Å². The topological polar surface area (TPSA) is 191 Å². The van der Waals surface area contributed by atoms with Gasteiger partial charge in [-0.25, -0.2) is 14.4 Å². The monoisotopic (exact) mass is 702 g/mol. The molecule has 0 aliphatic rings. The second-order valence-corrected chi connectivity index (χ2v) is 8.55. The second-order valence-electron chi connectivity index (χ2n) is 8.55. The number of phenolic OH excluding ortho intramolecular Hbond substituents is 2. The van der Waals surface area contributed by atoms with Gasteiger partial charge >= 0.3 is 69.3 Å². The van der Waals surface area contributed by atoms with E-state index in [9.17, 15) is 34.5 Å². The van der Waals surface area contributed by atoms with Gasteiger partial charge in [-0.1, -0.05) is 91.1 Å². The molecule has 0 spiro atoms. The van der Waals surface area contributed by atoms with Gasteiger partial charge in [0.25, 0.3) is 0 Å². The van der Waals surface area contributed by atoms with Gasteiger partial charge in [0.2, 0.25) is 0 Å². The molecule has 0 aliphatic carbocycles. The third-order valence-corrected chi connectivity index (χ3v) is 4.90. The van der Waals surface area contributed by atoms with Crippen LogP contribution in [0.4, 0.5) is 0 Å². The van der Waals surface area contributed by atoms with Crippen LogP contribution in [0.3, 0.4) is 0 Å². The smallest absolute Gasteiger partial charge is 0.545 e. The van der Waals surface area contributed by atoms with Crippen molar-refractivity contribution in [2.45, 2.75) is 34.3 Å². The first-order valence-corrected chi connectivity index (χ1v) is 14.6. The number of carbonyl (C=O) groups excluding carboxylic acids is 3. The molecule has 0 aliphatic heterocycles. The molecule has 4 N–H and O–H groups in total. The molecule has 0 fully saturated rings. The summed E-state index contributed by atoms with van der Waals surface area (Å²) in [6.45, 7) is 7.84. The van der Waals surface area contributed by atoms with E-state index in [0.29, 0.717) is 13.2 Å². The average Bonchev–Trinajstić information content (AvgIpc) is 3.07. The van der Waals surface area contributed by atoms with Crippen molar-refractivity contribution in [1.29, 1.82) is 0 Å². The molecule has 0 bridgehead atoms. The number of carbonyl (C=O) groups is 4. The summed E-state index contributed by atoms with van der Waals surface area (Å²) >= 11 is 0. The van der Waals surface area contributed by atoms with E-state index in [1.165, 1.54) is 36.4 Å². The van der Waals surface area contributed by atoms with Crippen LogP contribution in [0, 0.1) is 0 Å². The molecule has 0 aromatic heterocycles. The number of aliphatic hydroxyl groups excluding tert-OH is 1. The van der Waals surface area contributed by atoms with E-state index in [-0.39, 0.29) is 80.6 Å². The number of aliphatic carboxylic acids is 2. The van der Waals surface area contributed by atoms with Crippen LogP contribution in [0.1, 0.15) is 54.0 Å². The Hall–Kier alpha value is -4.30. The van der Waals surface area contributed by atoms with Gasteiger partial charge < -0.3 is 39.8 Å². The van der Waals surface area contributed by atoms with Gasteiger partial charge in [-0.2, -0.15) is 0 Å². The SMILES string of the molecule is C/C=C/C=C/C(=O)O.C/C=C/C=C/C(=O)[O-].CCOC(=O)c1ccccc1O.CCOC(=O)c1ccccc1O.OCc1ccccc1.[K+]. The van der Waals surface area contributed by atoms with Crippen LogP contribution < -0.4 is 56.5 Å². The molecule has 3 aromatic carbocycles. The van der Waals surface area contributed by atoms with Crippen LogP contribution in [0.25, 0.3) is 0 Å². The minimum atomic E-state index is -1.16. The number of rotatable bonds is 9. The van der Waals surface area contributed by atoms with Gasteiger partial charge in [0, 0.05) is 6.08 Å². The molecule has 49 heavy (non-hydrogen) atoms. The van der Waals surface area contributed by atoms with Crippen LogP contribution in [0.15, 0.2) is 127 Å². The average molecular weight is 703 g/mol. The number of aliphatic hydroxyl groups is 1. The van der Waals surface area contributed by atoms with Crippen LogP contribution in [-0.2, 0) is 25.7 Å². The number of phenols is 2. The van der Waals surface area contributed by atoms with Gasteiger partial charge in [-0.05, 0) is 63.6 Å². The maximum Gasteiger partial charge on any atom is 1.00 e. The number of ether oxygens (including phenoxy) is 2. The number of para-hydroxylation sites is 2. The van der Waals surface area contributed by atoms with E-state index < -0.39 is 23.9 Å². The van der Waals surface area contributed by atoms with Crippen molar-refractivity contribution >= 4 is 23.9 Å². The first-order valence-electron chi connectivity index (χ1n) is 14.6. The van der Waals surface area contributed by atoms with E-state index in [1.54, 1.807) is 69.3 Å². The summed E-state index contributed by atoms with van der Waals surface area (Å²) in [4.78, 5) is 41.6. The quantitative estimate of drug-likeness (QED) is 0.111. The van der Waals surface area contributed by atoms with Gasteiger partial charge in [0.1, 0.15) is 22.6 Å². The third-order valence-electron chi connectivity index (χ3n) is 4.90. The largest absolute Gasteiger partial charge is 1.00 e. The Labute approximate surface area is 330 Å². The summed E-state index contributed by atoms with van der Waals surface area (Å²) in [5.74, 6) is -3.15. The normalized spacial score (nSPS) is 9.73. The number of esters is 2. The van der Waals surface area contributed by atoms with Crippen LogP contribution in [0.2, 0.25) is 0 Å². The Balaban J connectivity index is -0.000000545. The number of aromatic hydroxyl groups is 2. The third kappa shape index (κ3) is 28.4. The van der Waals surface area contributed by atoms with Gasteiger partial charge in [0.15, 0.2) is 0 Å². The van der Waals surface area contributed by atoms with E-state index in [4.69, 9.17) is 19.7 Å². The molecule has 0 radical (unpaired) electrons. The molecule has 12 heteroatoms. The van der Waals surface area contributed by atoms with Crippen molar-refractivity contribution in [2.75, 3.05) is 13.2 Å². The Morgan fingerprint density at radius 1 is 0.653 bits per heavy atom. The van der Waals surface area contributed by atoms with E-state index in [2.05, 4.69) is 0 Å². The molecule has 11 nitrogen and oxygen atoms in total. The van der Waals surface area contributed by atoms with Crippen molar-refractivity contribution < 1.29 is 106 Å². The Kier molecular flexibility index (Phi) is 33.7. The van der Waals surface area contributed by atoms with Gasteiger partial charge in [0.05, 0.1) is 25.8 Å². The molecular formula is C37H43KO11. The number of allylic oxidation sites excluding steroid dienone is 6. The van der Waals surface area contributed by atoms with Crippen molar-refractivity contribution in [3.8, 4) is 11.5 Å². The predicted molar refractivity (Wildman–Crippen MR) is 181 cm³/mol. The first-order chi connectivity index (χ1) is 23.0. The number of carboxylic acid groups (broad SMARTS) is 2. The molecule has 0 saturated heterocycles. The summed E-state index contributed by atoms with van der Waals surface area (Å²) in [6.07, 6.45) is 11.7. The van der Waals surface area contributed by atoms with Crippen LogP contribution in [-0.4, -0.2) is 57.5 Å². The molecule has 0 unspecified atom stereocenters. The van der Waals surface area contributed by atoms with Crippen LogP contribution in [0.5, 0.6) is 11.5 Å². The fourth-order valence-corrected chi connectivity index (χ4v) is 2.79. The fraction of sp³-hybridized carbons (Fsp3) is 0.189. The number of hydrogen-bond acceptors (Lipinski definition) is 10. The fourth-order valence-electron chi connectivity index (χ4n) is 2.79. The maximum absolute atomic E-state index is 11.1. The zero-order chi connectivity index (χ0) is 36.6. The Morgan fingerprint density at radius 3 is 1.35 bits per heavy atom. The summed E-state index contributed by atoms with van der Waals surface area (Å²) in [5.41, 5.74) is 1.38. The maximum atomic E-state index is 11.1. The van der Waals surface area contributed by atoms with Crippen molar-refractivity contribution in [3.05, 3.63) is 144 Å². The number of carboxylic acids is 2. The van der Waals surface area contributed by atoms with E-state index in [0.717, 1.165) is 17.7 Å². The van der Waals surface area contributed by atoms with Gasteiger partial charge in [-0.3, -0.25) is 0 Å². The van der Waals surface area contributed by atoms with E-state index >= 15 is 0 Å². The van der Waals surface area contributed by atoms with Gasteiger partial charge in [-0.15, -0.1) is 0 Å². The Morgan fingerprint density at radius 2 is 1.04 bits per heavy atom. The molecule has 3 aromatic rings. The molecule has 0 heterocycles. The minimum absolute atomic E-state index is 0. The van der Waals surface area contributed by atoms with Crippen LogP contribution >= 0.6 is 0 Å². The molecule has 0 amide bonds. The molecule has 3 rings (SSSR count). The van der Waals surface area contributed by atoms with Crippen molar-refractivity contribution in [2.24, 2.45) is 0 Å².